The SMILES string of the molecule is CC(=O)c1ccc(-n2nnnc2SCC(=O)Nc2nc(-c3ccc(F)cc3)cs2)cc1. The smallest absolute Gasteiger partial charge is 0.236 e. The summed E-state index contributed by atoms with van der Waals surface area (Å²) >= 11 is 2.46. The van der Waals surface area contributed by atoms with Crippen molar-refractivity contribution < 1.29 is 14.0 Å². The van der Waals surface area contributed by atoms with Crippen molar-refractivity contribution in [2.24, 2.45) is 0 Å². The van der Waals surface area contributed by atoms with Crippen LogP contribution in [0, 0.1) is 5.82 Å². The van der Waals surface area contributed by atoms with Crippen LogP contribution >= 0.6 is 23.1 Å². The minimum absolute atomic E-state index is 0.0284. The lowest BCUT2D eigenvalue weighted by atomic mass is 10.1. The van der Waals surface area contributed by atoms with Crippen LogP contribution in [0.2, 0.25) is 0 Å². The van der Waals surface area contributed by atoms with E-state index in [9.17, 15) is 14.0 Å². The van der Waals surface area contributed by atoms with Crippen LogP contribution in [0.25, 0.3) is 16.9 Å². The van der Waals surface area contributed by atoms with Crippen molar-refractivity contribution in [3.63, 3.8) is 0 Å². The Hall–Kier alpha value is -3.44. The molecule has 0 atom stereocenters. The molecular formula is C20H15FN6O2S2. The Morgan fingerprint density at radius 2 is 1.87 bits per heavy atom. The maximum atomic E-state index is 13.1. The molecule has 0 bridgehead atoms. The fraction of sp³-hybridized carbons (Fsp3) is 0.100. The first-order valence-electron chi connectivity index (χ1n) is 9.03. The Balaban J connectivity index is 1.37. The normalized spacial score (nSPS) is 10.8. The van der Waals surface area contributed by atoms with Crippen LogP contribution in [0.5, 0.6) is 0 Å². The number of aromatic nitrogens is 5. The van der Waals surface area contributed by atoms with E-state index in [4.69, 9.17) is 0 Å². The van der Waals surface area contributed by atoms with Gasteiger partial charge < -0.3 is 5.32 Å². The highest BCUT2D eigenvalue weighted by atomic mass is 32.2. The van der Waals surface area contributed by atoms with E-state index < -0.39 is 0 Å². The Morgan fingerprint density at radius 3 is 2.58 bits per heavy atom. The Morgan fingerprint density at radius 1 is 1.13 bits per heavy atom. The molecule has 0 unspecified atom stereocenters. The fourth-order valence-corrected chi connectivity index (χ4v) is 4.06. The summed E-state index contributed by atoms with van der Waals surface area (Å²) in [6, 6.07) is 12.9. The monoisotopic (exact) mass is 454 g/mol. The molecule has 4 rings (SSSR count). The summed E-state index contributed by atoms with van der Waals surface area (Å²) in [6.45, 7) is 1.50. The van der Waals surface area contributed by atoms with Crippen LogP contribution in [0.3, 0.4) is 0 Å². The number of hydrogen-bond donors (Lipinski definition) is 1. The first-order chi connectivity index (χ1) is 15.0. The molecule has 0 aliphatic carbocycles. The molecule has 0 radical (unpaired) electrons. The number of carbonyl (C=O) groups excluding carboxylic acids is 2. The second-order valence-corrected chi connectivity index (χ2v) is 8.16. The zero-order chi connectivity index (χ0) is 21.8. The third-order valence-corrected chi connectivity index (χ3v) is 5.86. The highest BCUT2D eigenvalue weighted by molar-refractivity contribution is 7.99. The number of anilines is 1. The van der Waals surface area contributed by atoms with E-state index in [-0.39, 0.29) is 23.3 Å². The number of halogens is 1. The van der Waals surface area contributed by atoms with E-state index in [2.05, 4.69) is 25.8 Å². The molecule has 31 heavy (non-hydrogen) atoms. The van der Waals surface area contributed by atoms with Crippen molar-refractivity contribution in [2.75, 3.05) is 11.1 Å². The van der Waals surface area contributed by atoms with E-state index in [0.717, 1.165) is 5.56 Å². The lowest BCUT2D eigenvalue weighted by Gasteiger charge is -2.05. The molecule has 0 aliphatic rings. The van der Waals surface area contributed by atoms with Gasteiger partial charge in [0.05, 0.1) is 17.1 Å². The van der Waals surface area contributed by atoms with Crippen LogP contribution in [0.15, 0.2) is 59.1 Å². The molecule has 2 heterocycles. The highest BCUT2D eigenvalue weighted by Crippen LogP contribution is 2.25. The molecule has 4 aromatic rings. The third-order valence-electron chi connectivity index (χ3n) is 4.18. The quantitative estimate of drug-likeness (QED) is 0.334. The maximum absolute atomic E-state index is 13.1. The van der Waals surface area contributed by atoms with Gasteiger partial charge in [-0.15, -0.1) is 16.4 Å². The number of hydrogen-bond acceptors (Lipinski definition) is 8. The summed E-state index contributed by atoms with van der Waals surface area (Å²) in [7, 11) is 0. The lowest BCUT2D eigenvalue weighted by Crippen LogP contribution is -2.14. The second-order valence-electron chi connectivity index (χ2n) is 6.36. The van der Waals surface area contributed by atoms with Crippen molar-refractivity contribution >= 4 is 39.9 Å². The van der Waals surface area contributed by atoms with Crippen LogP contribution in [-0.2, 0) is 4.79 Å². The number of nitrogens with one attached hydrogen (secondary N) is 1. The van der Waals surface area contributed by atoms with Crippen LogP contribution in [0.1, 0.15) is 17.3 Å². The van der Waals surface area contributed by atoms with Gasteiger partial charge in [0.25, 0.3) is 0 Å². The lowest BCUT2D eigenvalue weighted by molar-refractivity contribution is -0.113. The standard InChI is InChI=1S/C20H15FN6O2S2/c1-12(28)13-4-8-16(9-5-13)27-20(24-25-26-27)31-11-18(29)23-19-22-17(10-30-19)14-2-6-15(21)7-3-14/h2-10H,11H2,1H3,(H,22,23,29). The molecule has 0 spiro atoms. The number of carbonyl (C=O) groups is 2. The molecule has 11 heteroatoms. The van der Waals surface area contributed by atoms with Crippen LogP contribution < -0.4 is 5.32 Å². The van der Waals surface area contributed by atoms with E-state index in [0.29, 0.717) is 27.2 Å². The largest absolute Gasteiger partial charge is 0.301 e. The van der Waals surface area contributed by atoms with Crippen molar-refractivity contribution in [1.29, 1.82) is 0 Å². The van der Waals surface area contributed by atoms with Gasteiger partial charge in [0.2, 0.25) is 11.1 Å². The third kappa shape index (κ3) is 5.01. The van der Waals surface area contributed by atoms with Crippen LogP contribution in [-0.4, -0.2) is 42.6 Å². The number of rotatable bonds is 7. The van der Waals surface area contributed by atoms with Gasteiger partial charge in [0, 0.05) is 16.5 Å². The van der Waals surface area contributed by atoms with E-state index in [1.54, 1.807) is 41.8 Å². The molecule has 0 fully saturated rings. The number of amides is 1. The van der Waals surface area contributed by atoms with Gasteiger partial charge in [-0.3, -0.25) is 9.59 Å². The minimum atomic E-state index is -0.318. The number of tetrazole rings is 1. The first-order valence-corrected chi connectivity index (χ1v) is 10.9. The van der Waals surface area contributed by atoms with E-state index in [1.807, 2.05) is 0 Å². The number of ketones is 1. The van der Waals surface area contributed by atoms with Gasteiger partial charge in [-0.2, -0.15) is 4.68 Å². The molecule has 2 aromatic carbocycles. The molecule has 156 valence electrons. The van der Waals surface area contributed by atoms with Gasteiger partial charge in [-0.1, -0.05) is 11.8 Å². The Kier molecular flexibility index (Phi) is 6.14. The van der Waals surface area contributed by atoms with Crippen molar-refractivity contribution in [1.82, 2.24) is 25.2 Å². The van der Waals surface area contributed by atoms with Crippen molar-refractivity contribution in [2.45, 2.75) is 12.1 Å². The molecule has 0 saturated heterocycles. The average Bonchev–Trinajstić information content (AvgIpc) is 3.42. The summed E-state index contributed by atoms with van der Waals surface area (Å²) < 4.78 is 14.6. The number of thiazole rings is 1. The predicted molar refractivity (Wildman–Crippen MR) is 116 cm³/mol. The summed E-state index contributed by atoms with van der Waals surface area (Å²) in [6.07, 6.45) is 0. The number of benzene rings is 2. The van der Waals surface area contributed by atoms with E-state index in [1.165, 1.54) is 46.8 Å². The fourth-order valence-electron chi connectivity index (χ4n) is 2.64. The highest BCUT2D eigenvalue weighted by Gasteiger charge is 2.13. The topological polar surface area (TPSA) is 103 Å². The summed E-state index contributed by atoms with van der Waals surface area (Å²) in [4.78, 5) is 28.1. The molecule has 8 nitrogen and oxygen atoms in total. The van der Waals surface area contributed by atoms with Crippen molar-refractivity contribution in [3.8, 4) is 16.9 Å². The summed E-state index contributed by atoms with van der Waals surface area (Å²) in [5.74, 6) is -0.523. The molecule has 1 amide bonds. The first kappa shape index (κ1) is 20.8. The number of thioether (sulfide) groups is 1. The zero-order valence-electron chi connectivity index (χ0n) is 16.2. The van der Waals surface area contributed by atoms with Gasteiger partial charge in [0.15, 0.2) is 10.9 Å². The van der Waals surface area contributed by atoms with Gasteiger partial charge in [0.1, 0.15) is 5.82 Å². The average molecular weight is 455 g/mol. The van der Waals surface area contributed by atoms with Crippen molar-refractivity contribution in [3.05, 3.63) is 65.3 Å². The summed E-state index contributed by atoms with van der Waals surface area (Å²) in [5, 5.41) is 17.0. The maximum Gasteiger partial charge on any atom is 0.236 e. The predicted octanol–water partition coefficient (Wildman–Crippen LogP) is 3.86. The Labute approximate surface area is 184 Å². The number of Topliss-reactive ketones (excluding diaryl/α,β-unsaturated/α-hetero) is 1. The van der Waals surface area contributed by atoms with Gasteiger partial charge in [-0.05, 0) is 65.9 Å². The minimum Gasteiger partial charge on any atom is -0.301 e. The Bertz CT molecular complexity index is 1220. The summed E-state index contributed by atoms with van der Waals surface area (Å²) in [5.41, 5.74) is 2.70. The molecular weight excluding hydrogens is 439 g/mol. The number of nitrogens with zero attached hydrogens (tertiary/aromatic N) is 5. The zero-order valence-corrected chi connectivity index (χ0v) is 17.8. The molecule has 2 aromatic heterocycles. The molecule has 1 N–H and O–H groups in total. The van der Waals surface area contributed by atoms with Gasteiger partial charge in [-0.25, -0.2) is 9.37 Å². The molecule has 0 saturated carbocycles. The second kappa shape index (κ2) is 9.14. The van der Waals surface area contributed by atoms with E-state index >= 15 is 0 Å². The van der Waals surface area contributed by atoms with Gasteiger partial charge >= 0.3 is 0 Å². The van der Waals surface area contributed by atoms with Crippen LogP contribution in [0.4, 0.5) is 9.52 Å². The molecule has 0 aliphatic heterocycles.